The molecule has 0 radical (unpaired) electrons. The molecule has 0 saturated heterocycles. The third kappa shape index (κ3) is 3.34. The van der Waals surface area contributed by atoms with Crippen molar-refractivity contribution < 1.29 is 15.0 Å². The zero-order chi connectivity index (χ0) is 12.3. The smallest absolute Gasteiger partial charge is 0.155 e. The van der Waals surface area contributed by atoms with Gasteiger partial charge in [0.25, 0.3) is 0 Å². The summed E-state index contributed by atoms with van der Waals surface area (Å²) in [5, 5.41) is 18.7. The first kappa shape index (κ1) is 11.7. The molecule has 0 aromatic heterocycles. The summed E-state index contributed by atoms with van der Waals surface area (Å²) in [5.41, 5.74) is 2.06. The number of phenols is 2. The Balaban J connectivity index is 2.00. The lowest BCUT2D eigenvalue weighted by molar-refractivity contribution is -0.115. The summed E-state index contributed by atoms with van der Waals surface area (Å²) in [6.45, 7) is 0. The van der Waals surface area contributed by atoms with Crippen LogP contribution in [0.1, 0.15) is 31.2 Å². The van der Waals surface area contributed by atoms with Gasteiger partial charge in [-0.2, -0.15) is 0 Å². The monoisotopic (exact) mass is 232 g/mol. The summed E-state index contributed by atoms with van der Waals surface area (Å²) in [4.78, 5) is 11.2. The fourth-order valence-electron chi connectivity index (χ4n) is 2.16. The van der Waals surface area contributed by atoms with E-state index in [4.69, 9.17) is 0 Å². The van der Waals surface area contributed by atoms with Crippen LogP contribution < -0.4 is 0 Å². The van der Waals surface area contributed by atoms with Crippen molar-refractivity contribution in [1.29, 1.82) is 0 Å². The number of carbonyl (C=O) groups is 1. The molecule has 0 aliphatic heterocycles. The average molecular weight is 232 g/mol. The molecule has 0 fully saturated rings. The number of rotatable bonds is 3. The molecule has 3 nitrogen and oxygen atoms in total. The van der Waals surface area contributed by atoms with Gasteiger partial charge in [-0.1, -0.05) is 5.57 Å². The van der Waals surface area contributed by atoms with E-state index in [1.807, 2.05) is 0 Å². The number of carbonyl (C=O) groups excluding carboxylic acids is 1. The first-order chi connectivity index (χ1) is 8.13. The molecule has 0 spiro atoms. The predicted molar refractivity (Wildman–Crippen MR) is 65.0 cm³/mol. The number of hydrogen-bond donors (Lipinski definition) is 2. The van der Waals surface area contributed by atoms with Crippen LogP contribution in [0, 0.1) is 0 Å². The number of phenolic OH excluding ortho intramolecular Hbond substituents is 2. The van der Waals surface area contributed by atoms with E-state index in [2.05, 4.69) is 0 Å². The molecular formula is C14H16O3. The minimum atomic E-state index is 0.0775. The lowest BCUT2D eigenvalue weighted by Gasteiger charge is -2.12. The van der Waals surface area contributed by atoms with Gasteiger partial charge in [-0.15, -0.1) is 0 Å². The zero-order valence-electron chi connectivity index (χ0n) is 9.65. The van der Waals surface area contributed by atoms with Crippen molar-refractivity contribution in [3.05, 3.63) is 35.4 Å². The summed E-state index contributed by atoms with van der Waals surface area (Å²) in [7, 11) is 0. The zero-order valence-corrected chi connectivity index (χ0v) is 9.65. The van der Waals surface area contributed by atoms with Gasteiger partial charge < -0.3 is 10.2 Å². The van der Waals surface area contributed by atoms with Gasteiger partial charge in [0, 0.05) is 12.5 Å². The largest absolute Gasteiger partial charge is 0.508 e. The van der Waals surface area contributed by atoms with Crippen molar-refractivity contribution in [3.8, 4) is 11.5 Å². The minimum Gasteiger partial charge on any atom is -0.508 e. The van der Waals surface area contributed by atoms with Crippen LogP contribution in [-0.4, -0.2) is 16.0 Å². The standard InChI is InChI=1S/C14H16O3/c15-12-3-1-2-10(6-12)4-5-11-7-13(16)9-14(17)8-11/h6-9,16-17H,1-5H2. The highest BCUT2D eigenvalue weighted by molar-refractivity contribution is 5.91. The number of aromatic hydroxyl groups is 2. The van der Waals surface area contributed by atoms with E-state index < -0.39 is 0 Å². The molecule has 2 rings (SSSR count). The van der Waals surface area contributed by atoms with Crippen molar-refractivity contribution in [3.63, 3.8) is 0 Å². The highest BCUT2D eigenvalue weighted by atomic mass is 16.3. The van der Waals surface area contributed by atoms with Crippen LogP contribution in [0.3, 0.4) is 0 Å². The SMILES string of the molecule is O=C1C=C(CCc2cc(O)cc(O)c2)CCC1. The first-order valence-corrected chi connectivity index (χ1v) is 5.87. The highest BCUT2D eigenvalue weighted by Crippen LogP contribution is 2.24. The first-order valence-electron chi connectivity index (χ1n) is 5.87. The molecule has 90 valence electrons. The van der Waals surface area contributed by atoms with Crippen LogP contribution in [0.5, 0.6) is 11.5 Å². The van der Waals surface area contributed by atoms with E-state index >= 15 is 0 Å². The second kappa shape index (κ2) is 5.04. The molecule has 0 atom stereocenters. The average Bonchev–Trinajstić information content (AvgIpc) is 2.25. The van der Waals surface area contributed by atoms with Crippen molar-refractivity contribution in [2.45, 2.75) is 32.1 Å². The Labute approximate surface area is 100 Å². The predicted octanol–water partition coefficient (Wildman–Crippen LogP) is 2.71. The van der Waals surface area contributed by atoms with Gasteiger partial charge in [0.1, 0.15) is 11.5 Å². The Hall–Kier alpha value is -1.77. The maximum atomic E-state index is 11.2. The van der Waals surface area contributed by atoms with Gasteiger partial charge in [-0.3, -0.25) is 4.79 Å². The molecule has 0 saturated carbocycles. The van der Waals surface area contributed by atoms with Gasteiger partial charge in [0.15, 0.2) is 5.78 Å². The Morgan fingerprint density at radius 2 is 1.71 bits per heavy atom. The molecular weight excluding hydrogens is 216 g/mol. The van der Waals surface area contributed by atoms with Gasteiger partial charge in [-0.25, -0.2) is 0 Å². The lowest BCUT2D eigenvalue weighted by Crippen LogP contribution is -2.03. The molecule has 1 aliphatic carbocycles. The second-order valence-corrected chi connectivity index (χ2v) is 4.48. The molecule has 1 aromatic carbocycles. The van der Waals surface area contributed by atoms with E-state index in [1.165, 1.54) is 11.6 Å². The highest BCUT2D eigenvalue weighted by Gasteiger charge is 2.10. The van der Waals surface area contributed by atoms with Crippen LogP contribution in [0.4, 0.5) is 0 Å². The molecule has 0 unspecified atom stereocenters. The molecule has 0 bridgehead atoms. The van der Waals surface area contributed by atoms with Crippen LogP contribution >= 0.6 is 0 Å². The van der Waals surface area contributed by atoms with Gasteiger partial charge in [-0.05, 0) is 49.5 Å². The number of hydrogen-bond acceptors (Lipinski definition) is 3. The van der Waals surface area contributed by atoms with Gasteiger partial charge in [0.2, 0.25) is 0 Å². The van der Waals surface area contributed by atoms with Crippen molar-refractivity contribution >= 4 is 5.78 Å². The number of allylic oxidation sites excluding steroid dienone is 2. The van der Waals surface area contributed by atoms with E-state index in [-0.39, 0.29) is 17.3 Å². The van der Waals surface area contributed by atoms with Crippen LogP contribution in [0.25, 0.3) is 0 Å². The van der Waals surface area contributed by atoms with Gasteiger partial charge in [0.05, 0.1) is 0 Å². The van der Waals surface area contributed by atoms with E-state index in [0.717, 1.165) is 31.2 Å². The van der Waals surface area contributed by atoms with Crippen molar-refractivity contribution in [2.24, 2.45) is 0 Å². The summed E-state index contributed by atoms with van der Waals surface area (Å²) in [6.07, 6.45) is 5.88. The maximum absolute atomic E-state index is 11.2. The summed E-state index contributed by atoms with van der Waals surface area (Å²) >= 11 is 0. The van der Waals surface area contributed by atoms with E-state index in [0.29, 0.717) is 6.42 Å². The molecule has 1 aliphatic rings. The topological polar surface area (TPSA) is 57.5 Å². The molecule has 1 aromatic rings. The molecule has 0 heterocycles. The Bertz CT molecular complexity index is 440. The fourth-order valence-corrected chi connectivity index (χ4v) is 2.16. The maximum Gasteiger partial charge on any atom is 0.155 e. The molecule has 17 heavy (non-hydrogen) atoms. The lowest BCUT2D eigenvalue weighted by atomic mass is 9.94. The number of aryl methyl sites for hydroxylation is 1. The third-order valence-electron chi connectivity index (χ3n) is 2.98. The van der Waals surface area contributed by atoms with Crippen LogP contribution in [0.15, 0.2) is 29.8 Å². The fraction of sp³-hybridized carbons (Fsp3) is 0.357. The second-order valence-electron chi connectivity index (χ2n) is 4.48. The summed E-state index contributed by atoms with van der Waals surface area (Å²) in [6, 6.07) is 4.60. The Kier molecular flexibility index (Phi) is 3.47. The summed E-state index contributed by atoms with van der Waals surface area (Å²) < 4.78 is 0. The minimum absolute atomic E-state index is 0.0775. The quantitative estimate of drug-likeness (QED) is 0.842. The van der Waals surface area contributed by atoms with Crippen molar-refractivity contribution in [1.82, 2.24) is 0 Å². The molecule has 2 N–H and O–H groups in total. The Morgan fingerprint density at radius 3 is 2.35 bits per heavy atom. The molecule has 3 heteroatoms. The Morgan fingerprint density at radius 1 is 1.00 bits per heavy atom. The number of ketones is 1. The summed E-state index contributed by atoms with van der Waals surface area (Å²) in [5.74, 6) is 0.368. The number of benzene rings is 1. The third-order valence-corrected chi connectivity index (χ3v) is 2.98. The normalized spacial score (nSPS) is 15.8. The van der Waals surface area contributed by atoms with Crippen molar-refractivity contribution in [2.75, 3.05) is 0 Å². The van der Waals surface area contributed by atoms with Crippen LogP contribution in [-0.2, 0) is 11.2 Å². The molecule has 0 amide bonds. The van der Waals surface area contributed by atoms with E-state index in [1.54, 1.807) is 18.2 Å². The van der Waals surface area contributed by atoms with Gasteiger partial charge >= 0.3 is 0 Å². The van der Waals surface area contributed by atoms with Crippen LogP contribution in [0.2, 0.25) is 0 Å². The van der Waals surface area contributed by atoms with E-state index in [9.17, 15) is 15.0 Å².